The number of amides is 1. The van der Waals surface area contributed by atoms with E-state index in [1.54, 1.807) is 0 Å². The van der Waals surface area contributed by atoms with Crippen LogP contribution in [0.3, 0.4) is 0 Å². The summed E-state index contributed by atoms with van der Waals surface area (Å²) in [6.07, 6.45) is 0.944. The normalized spacial score (nSPS) is 17.9. The van der Waals surface area contributed by atoms with Crippen LogP contribution in [0.2, 0.25) is 0 Å². The third kappa shape index (κ3) is 2.90. The van der Waals surface area contributed by atoms with Crippen LogP contribution in [-0.2, 0) is 4.79 Å². The lowest BCUT2D eigenvalue weighted by Crippen LogP contribution is -2.35. The van der Waals surface area contributed by atoms with E-state index in [-0.39, 0.29) is 17.9 Å². The molecule has 0 saturated carbocycles. The highest BCUT2D eigenvalue weighted by molar-refractivity contribution is 7.99. The molecule has 4 heteroatoms. The fourth-order valence-corrected chi connectivity index (χ4v) is 5.06. The number of ether oxygens (including phenoxy) is 1. The zero-order chi connectivity index (χ0) is 18.2. The van der Waals surface area contributed by atoms with Gasteiger partial charge in [0, 0.05) is 21.8 Å². The van der Waals surface area contributed by atoms with Gasteiger partial charge in [-0.05, 0) is 30.2 Å². The van der Waals surface area contributed by atoms with Gasteiger partial charge in [0.25, 0.3) is 0 Å². The highest BCUT2D eigenvalue weighted by atomic mass is 32.2. The Bertz CT molecular complexity index is 971. The molecule has 0 aromatic heterocycles. The Morgan fingerprint density at radius 3 is 2.15 bits per heavy atom. The Kier molecular flexibility index (Phi) is 4.13. The number of hydrogen-bond acceptors (Lipinski definition) is 3. The Hall–Kier alpha value is -2.72. The second kappa shape index (κ2) is 6.78. The molecule has 2 heterocycles. The second-order valence-electron chi connectivity index (χ2n) is 6.85. The molecule has 0 bridgehead atoms. The van der Waals surface area contributed by atoms with Gasteiger partial charge in [-0.1, -0.05) is 54.6 Å². The number of rotatable bonds is 2. The van der Waals surface area contributed by atoms with Crippen molar-refractivity contribution in [1.29, 1.82) is 0 Å². The lowest BCUT2D eigenvalue weighted by molar-refractivity contribution is -0.122. The van der Waals surface area contributed by atoms with Crippen molar-refractivity contribution in [3.8, 4) is 11.5 Å². The first-order valence-electron chi connectivity index (χ1n) is 9.19. The molecule has 0 saturated heterocycles. The van der Waals surface area contributed by atoms with Crippen molar-refractivity contribution in [1.82, 2.24) is 5.32 Å². The number of carbonyl (C=O) groups excluding carboxylic acids is 1. The van der Waals surface area contributed by atoms with Gasteiger partial charge in [0.1, 0.15) is 11.5 Å². The number of para-hydroxylation sites is 2. The summed E-state index contributed by atoms with van der Waals surface area (Å²) >= 11 is 1.86. The van der Waals surface area contributed by atoms with Crippen LogP contribution in [0.15, 0.2) is 77.7 Å². The van der Waals surface area contributed by atoms with Crippen LogP contribution in [0.4, 0.5) is 0 Å². The number of nitrogens with one attached hydrogen (secondary N) is 1. The Morgan fingerprint density at radius 1 is 0.852 bits per heavy atom. The maximum Gasteiger partial charge on any atom is 0.232 e. The fraction of sp³-hybridized carbons (Fsp3) is 0.174. The van der Waals surface area contributed by atoms with E-state index in [2.05, 4.69) is 23.5 Å². The Morgan fingerprint density at radius 2 is 1.44 bits per heavy atom. The van der Waals surface area contributed by atoms with Gasteiger partial charge in [0.2, 0.25) is 5.91 Å². The van der Waals surface area contributed by atoms with E-state index in [1.165, 1.54) is 10.5 Å². The van der Waals surface area contributed by atoms with Crippen LogP contribution in [0.1, 0.15) is 35.1 Å². The zero-order valence-corrected chi connectivity index (χ0v) is 15.5. The zero-order valence-electron chi connectivity index (χ0n) is 14.7. The van der Waals surface area contributed by atoms with E-state index >= 15 is 0 Å². The first kappa shape index (κ1) is 16.5. The number of thioether (sulfide) groups is 1. The third-order valence-electron chi connectivity index (χ3n) is 5.22. The molecule has 134 valence electrons. The topological polar surface area (TPSA) is 38.3 Å². The van der Waals surface area contributed by atoms with Gasteiger partial charge in [-0.3, -0.25) is 4.79 Å². The summed E-state index contributed by atoms with van der Waals surface area (Å²) in [5.41, 5.74) is 3.06. The van der Waals surface area contributed by atoms with Crippen LogP contribution in [0.5, 0.6) is 11.5 Å². The standard InChI is InChI=1S/C23H19NO2S/c25-23(24-18-13-14-27-21-12-6-3-7-15(18)21)22-16-8-1-4-10-19(16)26-20-11-5-2-9-17(20)22/h1-12,18,22H,13-14H2,(H,24,25). The SMILES string of the molecule is O=C(NC1CCSc2ccccc21)C1c2ccccc2Oc2ccccc21. The van der Waals surface area contributed by atoms with Gasteiger partial charge in [-0.2, -0.15) is 0 Å². The highest BCUT2D eigenvalue weighted by Crippen LogP contribution is 2.44. The Labute approximate surface area is 162 Å². The molecule has 0 spiro atoms. The molecule has 27 heavy (non-hydrogen) atoms. The van der Waals surface area contributed by atoms with Crippen molar-refractivity contribution in [2.75, 3.05) is 5.75 Å². The molecule has 1 atom stereocenters. The number of hydrogen-bond donors (Lipinski definition) is 1. The quantitative estimate of drug-likeness (QED) is 0.664. The monoisotopic (exact) mass is 373 g/mol. The molecule has 1 unspecified atom stereocenters. The van der Waals surface area contributed by atoms with Gasteiger partial charge >= 0.3 is 0 Å². The molecular formula is C23H19NO2S. The van der Waals surface area contributed by atoms with E-state index in [4.69, 9.17) is 4.74 Å². The van der Waals surface area contributed by atoms with E-state index in [1.807, 2.05) is 66.4 Å². The van der Waals surface area contributed by atoms with Crippen LogP contribution >= 0.6 is 11.8 Å². The lowest BCUT2D eigenvalue weighted by Gasteiger charge is -2.31. The second-order valence-corrected chi connectivity index (χ2v) is 7.98. The summed E-state index contributed by atoms with van der Waals surface area (Å²) in [5, 5.41) is 3.32. The van der Waals surface area contributed by atoms with Crippen LogP contribution < -0.4 is 10.1 Å². The summed E-state index contributed by atoms with van der Waals surface area (Å²) in [6.45, 7) is 0. The minimum absolute atomic E-state index is 0.0323. The highest BCUT2D eigenvalue weighted by Gasteiger charge is 2.34. The largest absolute Gasteiger partial charge is 0.457 e. The van der Waals surface area contributed by atoms with Crippen molar-refractivity contribution < 1.29 is 9.53 Å². The molecule has 3 aromatic carbocycles. The molecule has 2 aliphatic heterocycles. The first-order valence-corrected chi connectivity index (χ1v) is 10.2. The maximum absolute atomic E-state index is 13.4. The van der Waals surface area contributed by atoms with E-state index in [0.29, 0.717) is 0 Å². The van der Waals surface area contributed by atoms with E-state index in [0.717, 1.165) is 34.8 Å². The lowest BCUT2D eigenvalue weighted by atomic mass is 9.87. The maximum atomic E-state index is 13.4. The fourth-order valence-electron chi connectivity index (χ4n) is 3.94. The van der Waals surface area contributed by atoms with E-state index in [9.17, 15) is 4.79 Å². The predicted molar refractivity (Wildman–Crippen MR) is 107 cm³/mol. The minimum atomic E-state index is -0.354. The smallest absolute Gasteiger partial charge is 0.232 e. The molecule has 0 aliphatic carbocycles. The summed E-state index contributed by atoms with van der Waals surface area (Å²) in [7, 11) is 0. The third-order valence-corrected chi connectivity index (χ3v) is 6.34. The summed E-state index contributed by atoms with van der Waals surface area (Å²) < 4.78 is 6.02. The van der Waals surface area contributed by atoms with Gasteiger partial charge < -0.3 is 10.1 Å². The molecular weight excluding hydrogens is 354 g/mol. The molecule has 3 nitrogen and oxygen atoms in total. The van der Waals surface area contributed by atoms with E-state index < -0.39 is 0 Å². The van der Waals surface area contributed by atoms with Gasteiger partial charge in [-0.15, -0.1) is 11.8 Å². The molecule has 1 N–H and O–H groups in total. The Balaban J connectivity index is 1.51. The summed E-state index contributed by atoms with van der Waals surface area (Å²) in [6, 6.07) is 24.0. The van der Waals surface area contributed by atoms with Crippen LogP contribution in [0, 0.1) is 0 Å². The molecule has 1 amide bonds. The number of fused-ring (bicyclic) bond motifs is 3. The van der Waals surface area contributed by atoms with Gasteiger partial charge in [0.05, 0.1) is 12.0 Å². The van der Waals surface area contributed by atoms with Crippen LogP contribution in [0.25, 0.3) is 0 Å². The average molecular weight is 373 g/mol. The first-order chi connectivity index (χ1) is 13.3. The molecule has 0 radical (unpaired) electrons. The summed E-state index contributed by atoms with van der Waals surface area (Å²) in [5.74, 6) is 2.22. The molecule has 0 fully saturated rings. The molecule has 2 aliphatic rings. The molecule has 3 aromatic rings. The van der Waals surface area contributed by atoms with Gasteiger partial charge in [0.15, 0.2) is 0 Å². The van der Waals surface area contributed by atoms with Gasteiger partial charge in [-0.25, -0.2) is 0 Å². The van der Waals surface area contributed by atoms with Crippen molar-refractivity contribution in [2.24, 2.45) is 0 Å². The van der Waals surface area contributed by atoms with Crippen molar-refractivity contribution in [3.05, 3.63) is 89.5 Å². The predicted octanol–water partition coefficient (Wildman–Crippen LogP) is 5.28. The van der Waals surface area contributed by atoms with Crippen molar-refractivity contribution in [3.63, 3.8) is 0 Å². The average Bonchev–Trinajstić information content (AvgIpc) is 2.72. The van der Waals surface area contributed by atoms with Crippen molar-refractivity contribution >= 4 is 17.7 Å². The number of benzene rings is 3. The summed E-state index contributed by atoms with van der Waals surface area (Å²) in [4.78, 5) is 14.7. The molecule has 5 rings (SSSR count). The minimum Gasteiger partial charge on any atom is -0.457 e. The number of carbonyl (C=O) groups is 1. The van der Waals surface area contributed by atoms with Crippen LogP contribution in [-0.4, -0.2) is 11.7 Å². The van der Waals surface area contributed by atoms with Crippen molar-refractivity contribution in [2.45, 2.75) is 23.3 Å².